The van der Waals surface area contributed by atoms with Crippen molar-refractivity contribution in [3.05, 3.63) is 62.8 Å². The summed E-state index contributed by atoms with van der Waals surface area (Å²) >= 11 is 6.51. The minimum absolute atomic E-state index is 0.220. The molecule has 0 aliphatic carbocycles. The molecule has 2 nitrogen and oxygen atoms in total. The van der Waals surface area contributed by atoms with Crippen LogP contribution in [-0.4, -0.2) is 6.04 Å². The Morgan fingerprint density at radius 2 is 1.75 bits per heavy atom. The molecule has 0 aliphatic heterocycles. The molecule has 0 fully saturated rings. The van der Waals surface area contributed by atoms with Crippen LogP contribution in [0.4, 0.5) is 4.39 Å². The van der Waals surface area contributed by atoms with Crippen LogP contribution in [0.3, 0.4) is 0 Å². The van der Waals surface area contributed by atoms with Crippen molar-refractivity contribution in [1.29, 1.82) is 0 Å². The summed E-state index contributed by atoms with van der Waals surface area (Å²) in [6.07, 6.45) is -0.330. The fourth-order valence-corrected chi connectivity index (χ4v) is 2.34. The van der Waals surface area contributed by atoms with Gasteiger partial charge in [-0.15, -0.1) is 0 Å². The third-order valence-corrected chi connectivity index (χ3v) is 4.00. The predicted molar refractivity (Wildman–Crippen MR) is 85.3 cm³/mol. The van der Waals surface area contributed by atoms with Crippen LogP contribution in [-0.2, 0) is 0 Å². The van der Waals surface area contributed by atoms with Gasteiger partial charge in [0.25, 0.3) is 0 Å². The smallest absolute Gasteiger partial charge is 0.141 e. The summed E-state index contributed by atoms with van der Waals surface area (Å²) in [5, 5.41) is 0. The Kier molecular flexibility index (Phi) is 5.18. The van der Waals surface area contributed by atoms with Crippen molar-refractivity contribution in [3.8, 4) is 5.75 Å². The molecule has 106 valence electrons. The lowest BCUT2D eigenvalue weighted by molar-refractivity contribution is 0.179. The Morgan fingerprint density at radius 3 is 2.30 bits per heavy atom. The Hall–Kier alpha value is -0.910. The summed E-state index contributed by atoms with van der Waals surface area (Å²) in [7, 11) is 0. The molecule has 2 atom stereocenters. The van der Waals surface area contributed by atoms with Crippen LogP contribution < -0.4 is 10.5 Å². The molecule has 0 spiro atoms. The van der Waals surface area contributed by atoms with E-state index in [0.29, 0.717) is 10.2 Å². The second kappa shape index (κ2) is 6.70. The first-order chi connectivity index (χ1) is 9.47. The first-order valence-corrected chi connectivity index (χ1v) is 7.68. The van der Waals surface area contributed by atoms with Crippen molar-refractivity contribution in [2.24, 2.45) is 5.73 Å². The lowest BCUT2D eigenvalue weighted by Crippen LogP contribution is -2.29. The maximum absolute atomic E-state index is 13.5. The normalized spacial score (nSPS) is 13.8. The molecule has 0 saturated heterocycles. The fourth-order valence-electron chi connectivity index (χ4n) is 1.83. The highest BCUT2D eigenvalue weighted by Gasteiger charge is 2.18. The Labute approximate surface area is 134 Å². The van der Waals surface area contributed by atoms with Crippen LogP contribution in [0, 0.1) is 5.82 Å². The van der Waals surface area contributed by atoms with E-state index >= 15 is 0 Å². The van der Waals surface area contributed by atoms with Gasteiger partial charge in [0.1, 0.15) is 17.7 Å². The summed E-state index contributed by atoms with van der Waals surface area (Å²) < 4.78 is 20.8. The number of rotatable bonds is 4. The van der Waals surface area contributed by atoms with Crippen molar-refractivity contribution in [2.75, 3.05) is 0 Å². The predicted octanol–water partition coefficient (Wildman–Crippen LogP) is 4.82. The Balaban J connectivity index is 2.25. The first kappa shape index (κ1) is 15.5. The van der Waals surface area contributed by atoms with E-state index in [1.165, 1.54) is 6.07 Å². The monoisotopic (exact) mass is 401 g/mol. The van der Waals surface area contributed by atoms with Crippen LogP contribution in [0.1, 0.15) is 18.6 Å². The molecule has 20 heavy (non-hydrogen) atoms. The number of hydrogen-bond donors (Lipinski definition) is 1. The van der Waals surface area contributed by atoms with Crippen molar-refractivity contribution in [2.45, 2.75) is 19.1 Å². The van der Waals surface area contributed by atoms with E-state index in [1.54, 1.807) is 12.1 Å². The molecule has 0 aliphatic rings. The highest BCUT2D eigenvalue weighted by Crippen LogP contribution is 2.28. The number of halogens is 3. The van der Waals surface area contributed by atoms with E-state index in [-0.39, 0.29) is 18.0 Å². The van der Waals surface area contributed by atoms with Gasteiger partial charge < -0.3 is 10.5 Å². The van der Waals surface area contributed by atoms with Crippen LogP contribution in [0.15, 0.2) is 51.4 Å². The van der Waals surface area contributed by atoms with Gasteiger partial charge in [0.2, 0.25) is 0 Å². The van der Waals surface area contributed by atoms with Crippen LogP contribution >= 0.6 is 31.9 Å². The highest BCUT2D eigenvalue weighted by molar-refractivity contribution is 9.10. The molecule has 0 radical (unpaired) electrons. The average molecular weight is 403 g/mol. The van der Waals surface area contributed by atoms with E-state index in [2.05, 4.69) is 31.9 Å². The zero-order valence-corrected chi connectivity index (χ0v) is 14.0. The van der Waals surface area contributed by atoms with Gasteiger partial charge in [0.05, 0.1) is 4.47 Å². The molecule has 0 aromatic heterocycles. The van der Waals surface area contributed by atoms with Gasteiger partial charge in [-0.3, -0.25) is 0 Å². The molecule has 2 N–H and O–H groups in total. The van der Waals surface area contributed by atoms with Crippen molar-refractivity contribution >= 4 is 31.9 Å². The third kappa shape index (κ3) is 3.81. The van der Waals surface area contributed by atoms with Crippen LogP contribution in [0.2, 0.25) is 0 Å². The summed E-state index contributed by atoms with van der Waals surface area (Å²) in [5.41, 5.74) is 6.93. The van der Waals surface area contributed by atoms with E-state index in [4.69, 9.17) is 10.5 Å². The van der Waals surface area contributed by atoms with Crippen molar-refractivity contribution in [3.63, 3.8) is 0 Å². The second-order valence-corrected chi connectivity index (χ2v) is 6.30. The van der Waals surface area contributed by atoms with E-state index < -0.39 is 0 Å². The topological polar surface area (TPSA) is 35.2 Å². The van der Waals surface area contributed by atoms with Crippen molar-refractivity contribution < 1.29 is 9.13 Å². The second-order valence-electron chi connectivity index (χ2n) is 4.53. The summed E-state index contributed by atoms with van der Waals surface area (Å²) in [5.74, 6) is 0.0950. The lowest BCUT2D eigenvalue weighted by atomic mass is 10.0. The summed E-state index contributed by atoms with van der Waals surface area (Å²) in [4.78, 5) is 0. The van der Waals surface area contributed by atoms with Crippen molar-refractivity contribution in [1.82, 2.24) is 0 Å². The van der Waals surface area contributed by atoms with Gasteiger partial charge >= 0.3 is 0 Å². The number of ether oxygens (including phenoxy) is 1. The number of nitrogens with two attached hydrogens (primary N) is 1. The molecule has 2 rings (SSSR count). The summed E-state index contributed by atoms with van der Waals surface area (Å²) in [6.45, 7) is 1.86. The van der Waals surface area contributed by atoms with E-state index in [9.17, 15) is 4.39 Å². The molecule has 2 aromatic rings. The molecule has 0 amide bonds. The molecule has 5 heteroatoms. The average Bonchev–Trinajstić information content (AvgIpc) is 2.41. The van der Waals surface area contributed by atoms with Gasteiger partial charge in [-0.25, -0.2) is 4.39 Å². The maximum atomic E-state index is 13.5. The standard InChI is InChI=1S/C15H14Br2FNO/c1-9(19)15(10-2-4-11(16)5-3-10)20-12-6-7-13(17)14(18)8-12/h2-9,15H,19H2,1H3. The molecule has 0 heterocycles. The van der Waals surface area contributed by atoms with Gasteiger partial charge in [-0.05, 0) is 52.7 Å². The van der Waals surface area contributed by atoms with Gasteiger partial charge in [-0.1, -0.05) is 28.1 Å². The number of benzene rings is 2. The largest absolute Gasteiger partial charge is 0.484 e. The van der Waals surface area contributed by atoms with Crippen LogP contribution in [0.25, 0.3) is 0 Å². The van der Waals surface area contributed by atoms with Crippen LogP contribution in [0.5, 0.6) is 5.75 Å². The van der Waals surface area contributed by atoms with Gasteiger partial charge in [0, 0.05) is 16.6 Å². The quantitative estimate of drug-likeness (QED) is 0.795. The minimum atomic E-state index is -0.360. The molecule has 0 saturated carbocycles. The molecule has 0 bridgehead atoms. The SMILES string of the molecule is CC(N)C(Oc1ccc(Br)c(F)c1)c1ccc(Br)cc1. The zero-order valence-electron chi connectivity index (χ0n) is 10.8. The van der Waals surface area contributed by atoms with Gasteiger partial charge in [0.15, 0.2) is 0 Å². The Bertz CT molecular complexity index is 587. The number of hydrogen-bond acceptors (Lipinski definition) is 2. The first-order valence-electron chi connectivity index (χ1n) is 6.10. The van der Waals surface area contributed by atoms with Gasteiger partial charge in [-0.2, -0.15) is 0 Å². The van der Waals surface area contributed by atoms with E-state index in [1.807, 2.05) is 31.2 Å². The Morgan fingerprint density at radius 1 is 1.10 bits per heavy atom. The molecular formula is C15H14Br2FNO. The molecule has 2 aromatic carbocycles. The van der Waals surface area contributed by atoms with E-state index in [0.717, 1.165) is 10.0 Å². The molecule has 2 unspecified atom stereocenters. The summed E-state index contributed by atoms with van der Waals surface area (Å²) in [6, 6.07) is 12.2. The third-order valence-electron chi connectivity index (χ3n) is 2.83. The zero-order chi connectivity index (χ0) is 14.7. The maximum Gasteiger partial charge on any atom is 0.141 e. The highest BCUT2D eigenvalue weighted by atomic mass is 79.9. The fraction of sp³-hybridized carbons (Fsp3) is 0.200. The molecular weight excluding hydrogens is 389 g/mol. The minimum Gasteiger partial charge on any atom is -0.484 e. The lowest BCUT2D eigenvalue weighted by Gasteiger charge is -2.23.